The van der Waals surface area contributed by atoms with Gasteiger partial charge in [-0.2, -0.15) is 0 Å². The lowest BCUT2D eigenvalue weighted by Crippen LogP contribution is -3.00. The van der Waals surface area contributed by atoms with Crippen LogP contribution in [-0.4, -0.2) is 38.8 Å². The molecule has 2 nitrogen and oxygen atoms in total. The highest BCUT2D eigenvalue weighted by Crippen LogP contribution is 2.24. The first kappa shape index (κ1) is 16.7. The van der Waals surface area contributed by atoms with Crippen molar-refractivity contribution in [3.63, 3.8) is 0 Å². The van der Waals surface area contributed by atoms with Crippen molar-refractivity contribution >= 4 is 26.7 Å². The highest BCUT2D eigenvalue weighted by Gasteiger charge is 2.06. The van der Waals surface area contributed by atoms with Crippen LogP contribution in [0, 0.1) is 0 Å². The average molecular weight is 436 g/mol. The Kier molecular flexibility index (Phi) is 6.08. The Morgan fingerprint density at radius 3 is 2.32 bits per heavy atom. The Morgan fingerprint density at radius 1 is 1.00 bits per heavy atom. The van der Waals surface area contributed by atoms with Crippen LogP contribution < -0.4 is 28.7 Å². The summed E-state index contributed by atoms with van der Waals surface area (Å²) in [6.45, 7) is 1.74. The number of likely N-dealkylation sites (N-methyl/N-ethyl adjacent to an activating group) is 1. The third-order valence-electron chi connectivity index (χ3n) is 2.80. The Labute approximate surface area is 140 Å². The van der Waals surface area contributed by atoms with Gasteiger partial charge in [0.25, 0.3) is 0 Å². The van der Waals surface area contributed by atoms with Crippen molar-refractivity contribution in [2.24, 2.45) is 0 Å². The molecule has 2 aromatic carbocycles. The van der Waals surface area contributed by atoms with Crippen molar-refractivity contribution in [2.45, 2.75) is 0 Å². The summed E-state index contributed by atoms with van der Waals surface area (Å²) in [7, 11) is 6.50. The molecule has 2 rings (SSSR count). The van der Waals surface area contributed by atoms with Crippen molar-refractivity contribution in [1.29, 1.82) is 0 Å². The van der Waals surface area contributed by atoms with E-state index in [1.54, 1.807) is 0 Å². The number of quaternary nitrogens is 1. The molecule has 2 aromatic rings. The zero-order chi connectivity index (χ0) is 13.2. The van der Waals surface area contributed by atoms with Gasteiger partial charge in [-0.25, -0.2) is 0 Å². The molecule has 4 heteroatoms. The molecule has 0 fully saturated rings. The van der Waals surface area contributed by atoms with Crippen molar-refractivity contribution in [3.05, 3.63) is 40.9 Å². The zero-order valence-corrected chi connectivity index (χ0v) is 15.2. The molecular weight excluding hydrogens is 417 g/mol. The summed E-state index contributed by atoms with van der Waals surface area (Å²) in [4.78, 5) is 0. The fourth-order valence-electron chi connectivity index (χ4n) is 1.72. The van der Waals surface area contributed by atoms with Gasteiger partial charge in [-0.15, -0.1) is 0 Å². The zero-order valence-electron chi connectivity index (χ0n) is 11.5. The molecular formula is C15H19BrINO. The fraction of sp³-hybridized carbons (Fsp3) is 0.333. The topological polar surface area (TPSA) is 9.23 Å². The Morgan fingerprint density at radius 2 is 1.63 bits per heavy atom. The van der Waals surface area contributed by atoms with Gasteiger partial charge < -0.3 is 33.2 Å². The summed E-state index contributed by atoms with van der Waals surface area (Å²) in [6.07, 6.45) is 0. The van der Waals surface area contributed by atoms with Gasteiger partial charge >= 0.3 is 0 Å². The Hall–Kier alpha value is -0.330. The molecule has 104 valence electrons. The Bertz CT molecular complexity index is 551. The van der Waals surface area contributed by atoms with Gasteiger partial charge in [-0.05, 0) is 35.0 Å². The number of halogens is 2. The van der Waals surface area contributed by atoms with E-state index < -0.39 is 0 Å². The van der Waals surface area contributed by atoms with Crippen LogP contribution >= 0.6 is 15.9 Å². The fourth-order valence-corrected chi connectivity index (χ4v) is 2.10. The van der Waals surface area contributed by atoms with Gasteiger partial charge in [0.1, 0.15) is 18.9 Å². The van der Waals surface area contributed by atoms with E-state index >= 15 is 0 Å². The van der Waals surface area contributed by atoms with Gasteiger partial charge in [0.05, 0.1) is 21.1 Å². The second-order valence-electron chi connectivity index (χ2n) is 5.52. The molecule has 0 bridgehead atoms. The normalized spacial score (nSPS) is 11.2. The van der Waals surface area contributed by atoms with Crippen LogP contribution in [0.5, 0.6) is 5.75 Å². The second-order valence-corrected chi connectivity index (χ2v) is 6.43. The van der Waals surface area contributed by atoms with Crippen LogP contribution in [0.15, 0.2) is 40.9 Å². The number of hydrogen-bond acceptors (Lipinski definition) is 1. The van der Waals surface area contributed by atoms with Crippen LogP contribution in [0.2, 0.25) is 0 Å². The molecule has 0 spiro atoms. The van der Waals surface area contributed by atoms with E-state index in [9.17, 15) is 0 Å². The van der Waals surface area contributed by atoms with Gasteiger partial charge in [0.2, 0.25) is 0 Å². The van der Waals surface area contributed by atoms with Crippen molar-refractivity contribution in [3.8, 4) is 5.75 Å². The van der Waals surface area contributed by atoms with E-state index in [0.717, 1.165) is 27.9 Å². The van der Waals surface area contributed by atoms with Crippen LogP contribution in [0.3, 0.4) is 0 Å². The first-order valence-corrected chi connectivity index (χ1v) is 6.86. The number of ether oxygens (including phenoxy) is 1. The van der Waals surface area contributed by atoms with Crippen molar-refractivity contribution in [1.82, 2.24) is 0 Å². The maximum absolute atomic E-state index is 5.79. The monoisotopic (exact) mass is 435 g/mol. The minimum absolute atomic E-state index is 0. The maximum atomic E-state index is 5.79. The molecule has 0 radical (unpaired) electrons. The number of fused-ring (bicyclic) bond motifs is 1. The second kappa shape index (κ2) is 6.90. The molecule has 0 heterocycles. The maximum Gasteiger partial charge on any atom is 0.137 e. The van der Waals surface area contributed by atoms with Gasteiger partial charge in [-0.1, -0.05) is 28.1 Å². The minimum atomic E-state index is 0. The number of hydrogen-bond donors (Lipinski definition) is 0. The Balaban J connectivity index is 0.00000180. The SMILES string of the molecule is C[N+](C)(C)CCOc1ccc2cc(Br)ccc2c1.[I-]. The van der Waals surface area contributed by atoms with Gasteiger partial charge in [0, 0.05) is 4.47 Å². The van der Waals surface area contributed by atoms with Crippen LogP contribution in [0.1, 0.15) is 0 Å². The molecule has 0 unspecified atom stereocenters. The van der Waals surface area contributed by atoms with E-state index in [0.29, 0.717) is 0 Å². The minimum Gasteiger partial charge on any atom is -1.00 e. The molecule has 0 amide bonds. The first-order valence-electron chi connectivity index (χ1n) is 6.07. The summed E-state index contributed by atoms with van der Waals surface area (Å²) in [5.41, 5.74) is 0. The number of rotatable bonds is 4. The lowest BCUT2D eigenvalue weighted by Gasteiger charge is -2.23. The quantitative estimate of drug-likeness (QED) is 0.507. The number of benzene rings is 2. The number of nitrogens with zero attached hydrogens (tertiary/aromatic N) is 1. The average Bonchev–Trinajstić information content (AvgIpc) is 2.27. The first-order chi connectivity index (χ1) is 8.44. The van der Waals surface area contributed by atoms with E-state index in [1.807, 2.05) is 6.07 Å². The van der Waals surface area contributed by atoms with E-state index in [2.05, 4.69) is 67.4 Å². The van der Waals surface area contributed by atoms with Gasteiger partial charge in [-0.3, -0.25) is 0 Å². The summed E-state index contributed by atoms with van der Waals surface area (Å²) in [5, 5.41) is 2.43. The highest BCUT2D eigenvalue weighted by atomic mass is 127. The lowest BCUT2D eigenvalue weighted by atomic mass is 10.1. The standard InChI is InChI=1S/C15H19BrNO.HI/c1-17(2,3)8-9-18-15-7-5-12-10-14(16)6-4-13(12)11-15;/h4-7,10-11H,8-9H2,1-3H3;1H/q+1;/p-1. The van der Waals surface area contributed by atoms with Crippen LogP contribution in [0.25, 0.3) is 10.8 Å². The van der Waals surface area contributed by atoms with E-state index in [1.165, 1.54) is 10.8 Å². The molecule has 0 aliphatic carbocycles. The molecule has 19 heavy (non-hydrogen) atoms. The van der Waals surface area contributed by atoms with Crippen LogP contribution in [-0.2, 0) is 0 Å². The summed E-state index contributed by atoms with van der Waals surface area (Å²) >= 11 is 3.48. The third-order valence-corrected chi connectivity index (χ3v) is 3.30. The predicted molar refractivity (Wildman–Crippen MR) is 80.0 cm³/mol. The third kappa shape index (κ3) is 5.28. The molecule has 0 saturated heterocycles. The van der Waals surface area contributed by atoms with Gasteiger partial charge in [0.15, 0.2) is 0 Å². The van der Waals surface area contributed by atoms with E-state index in [4.69, 9.17) is 4.74 Å². The van der Waals surface area contributed by atoms with Crippen LogP contribution in [0.4, 0.5) is 0 Å². The molecule has 0 N–H and O–H groups in total. The summed E-state index contributed by atoms with van der Waals surface area (Å²) in [5.74, 6) is 0.943. The molecule has 0 saturated carbocycles. The molecule has 0 aliphatic rings. The largest absolute Gasteiger partial charge is 1.00 e. The summed E-state index contributed by atoms with van der Waals surface area (Å²) < 4.78 is 7.82. The molecule has 0 aromatic heterocycles. The predicted octanol–water partition coefficient (Wildman–Crippen LogP) is 0.691. The highest BCUT2D eigenvalue weighted by molar-refractivity contribution is 9.10. The smallest absolute Gasteiger partial charge is 0.137 e. The molecule has 0 atom stereocenters. The lowest BCUT2D eigenvalue weighted by molar-refractivity contribution is -0.870. The molecule has 0 aliphatic heterocycles. The van der Waals surface area contributed by atoms with Crippen molar-refractivity contribution in [2.75, 3.05) is 34.3 Å². The van der Waals surface area contributed by atoms with Crippen molar-refractivity contribution < 1.29 is 33.2 Å². The van der Waals surface area contributed by atoms with E-state index in [-0.39, 0.29) is 24.0 Å². The summed E-state index contributed by atoms with van der Waals surface area (Å²) in [6, 6.07) is 12.5.